The normalized spacial score (nSPS) is 10.6. The Kier molecular flexibility index (Phi) is 3.28. The summed E-state index contributed by atoms with van der Waals surface area (Å²) in [6.07, 6.45) is -2.56. The molecule has 0 spiro atoms. The topological polar surface area (TPSA) is 17.1 Å². The van der Waals surface area contributed by atoms with Crippen LogP contribution < -0.4 is 0 Å². The first-order valence-corrected chi connectivity index (χ1v) is 4.17. The largest absolute Gasteiger partial charge is 0.294 e. The van der Waals surface area contributed by atoms with Gasteiger partial charge in [0.1, 0.15) is 5.82 Å². The molecule has 1 aromatic rings. The Morgan fingerprint density at radius 3 is 2.50 bits per heavy atom. The molecule has 0 saturated heterocycles. The molecule has 0 N–H and O–H groups in total. The maximum Gasteiger partial charge on any atom is 0.263 e. The lowest BCUT2D eigenvalue weighted by Gasteiger charge is -2.03. The highest BCUT2D eigenvalue weighted by atomic mass is 19.3. The number of Topliss-reactive ketones (excluding diaryl/α,β-unsaturated/α-hetero) is 1. The van der Waals surface area contributed by atoms with E-state index in [4.69, 9.17) is 0 Å². The third kappa shape index (κ3) is 2.13. The number of alkyl halides is 2. The number of carbonyl (C=O) groups excluding carboxylic acids is 1. The van der Waals surface area contributed by atoms with Crippen LogP contribution in [0.1, 0.15) is 35.7 Å². The molecule has 0 atom stereocenters. The van der Waals surface area contributed by atoms with Gasteiger partial charge in [-0.05, 0) is 12.1 Å². The van der Waals surface area contributed by atoms with E-state index in [2.05, 4.69) is 0 Å². The molecule has 14 heavy (non-hydrogen) atoms. The fourth-order valence-corrected chi connectivity index (χ4v) is 1.08. The van der Waals surface area contributed by atoms with Crippen molar-refractivity contribution in [2.45, 2.75) is 19.8 Å². The zero-order chi connectivity index (χ0) is 10.7. The number of hydrogen-bond acceptors (Lipinski definition) is 1. The fourth-order valence-electron chi connectivity index (χ4n) is 1.08. The summed E-state index contributed by atoms with van der Waals surface area (Å²) in [5.74, 6) is -1.27. The zero-order valence-electron chi connectivity index (χ0n) is 7.56. The Hall–Kier alpha value is -1.32. The highest BCUT2D eigenvalue weighted by Gasteiger charge is 2.13. The van der Waals surface area contributed by atoms with Crippen LogP contribution in [0.2, 0.25) is 0 Å². The molecule has 0 fully saturated rings. The van der Waals surface area contributed by atoms with Gasteiger partial charge in [-0.2, -0.15) is 0 Å². The van der Waals surface area contributed by atoms with Gasteiger partial charge in [0, 0.05) is 12.0 Å². The van der Waals surface area contributed by atoms with Crippen molar-refractivity contribution in [3.8, 4) is 0 Å². The van der Waals surface area contributed by atoms with E-state index in [0.29, 0.717) is 6.07 Å². The molecule has 0 heterocycles. The van der Waals surface area contributed by atoms with Crippen molar-refractivity contribution in [2.24, 2.45) is 0 Å². The van der Waals surface area contributed by atoms with Gasteiger partial charge < -0.3 is 0 Å². The summed E-state index contributed by atoms with van der Waals surface area (Å²) in [5, 5.41) is 0. The molecule has 0 aliphatic rings. The Labute approximate surface area is 79.5 Å². The minimum atomic E-state index is -2.71. The number of carbonyl (C=O) groups is 1. The third-order valence-electron chi connectivity index (χ3n) is 1.87. The lowest BCUT2D eigenvalue weighted by Crippen LogP contribution is -2.01. The van der Waals surface area contributed by atoms with Gasteiger partial charge in [0.15, 0.2) is 5.78 Å². The molecule has 0 saturated carbocycles. The molecule has 0 aliphatic carbocycles. The average Bonchev–Trinajstić information content (AvgIpc) is 2.16. The molecule has 4 heteroatoms. The van der Waals surface area contributed by atoms with Crippen molar-refractivity contribution >= 4 is 5.78 Å². The van der Waals surface area contributed by atoms with Crippen LogP contribution in [0.3, 0.4) is 0 Å². The van der Waals surface area contributed by atoms with E-state index in [1.165, 1.54) is 0 Å². The second kappa shape index (κ2) is 4.26. The van der Waals surface area contributed by atoms with Crippen LogP contribution in [-0.4, -0.2) is 5.78 Å². The lowest BCUT2D eigenvalue weighted by atomic mass is 10.1. The maximum absolute atomic E-state index is 13.1. The van der Waals surface area contributed by atoms with Crippen molar-refractivity contribution in [3.63, 3.8) is 0 Å². The zero-order valence-corrected chi connectivity index (χ0v) is 7.56. The maximum atomic E-state index is 13.1. The number of halogens is 3. The minimum absolute atomic E-state index is 0.128. The second-order valence-electron chi connectivity index (χ2n) is 2.82. The van der Waals surface area contributed by atoms with Gasteiger partial charge in [-0.3, -0.25) is 4.79 Å². The highest BCUT2D eigenvalue weighted by molar-refractivity contribution is 5.96. The third-order valence-corrected chi connectivity index (χ3v) is 1.87. The van der Waals surface area contributed by atoms with Crippen LogP contribution in [0.25, 0.3) is 0 Å². The van der Waals surface area contributed by atoms with E-state index in [0.717, 1.165) is 12.1 Å². The van der Waals surface area contributed by atoms with Gasteiger partial charge in [0.2, 0.25) is 0 Å². The molecule has 0 unspecified atom stereocenters. The molecule has 0 bridgehead atoms. The molecule has 1 rings (SSSR count). The molecule has 0 radical (unpaired) electrons. The van der Waals surface area contributed by atoms with Crippen LogP contribution in [0, 0.1) is 5.82 Å². The number of benzene rings is 1. The number of hydrogen-bond donors (Lipinski definition) is 0. The monoisotopic (exact) mass is 202 g/mol. The summed E-state index contributed by atoms with van der Waals surface area (Å²) in [6, 6.07) is 2.87. The summed E-state index contributed by atoms with van der Waals surface area (Å²) in [4.78, 5) is 11.1. The summed E-state index contributed by atoms with van der Waals surface area (Å²) >= 11 is 0. The molecule has 1 nitrogen and oxygen atoms in total. The predicted molar refractivity (Wildman–Crippen MR) is 46.0 cm³/mol. The first-order chi connectivity index (χ1) is 6.56. The van der Waals surface area contributed by atoms with Crippen LogP contribution in [0.15, 0.2) is 18.2 Å². The first kappa shape index (κ1) is 10.8. The van der Waals surface area contributed by atoms with Crippen LogP contribution in [-0.2, 0) is 0 Å². The van der Waals surface area contributed by atoms with Crippen molar-refractivity contribution in [1.29, 1.82) is 0 Å². The Morgan fingerprint density at radius 2 is 2.07 bits per heavy atom. The lowest BCUT2D eigenvalue weighted by molar-refractivity contribution is 0.0983. The quantitative estimate of drug-likeness (QED) is 0.687. The van der Waals surface area contributed by atoms with Crippen LogP contribution in [0.5, 0.6) is 0 Å². The molecule has 0 amide bonds. The van der Waals surface area contributed by atoms with Crippen LogP contribution >= 0.6 is 0 Å². The first-order valence-electron chi connectivity index (χ1n) is 4.17. The molecule has 1 aromatic carbocycles. The summed E-state index contributed by atoms with van der Waals surface area (Å²) in [7, 11) is 0. The molecule has 0 aliphatic heterocycles. The van der Waals surface area contributed by atoms with Crippen molar-refractivity contribution in [2.75, 3.05) is 0 Å². The van der Waals surface area contributed by atoms with Crippen LogP contribution in [0.4, 0.5) is 13.2 Å². The Bertz CT molecular complexity index is 347. The Balaban J connectivity index is 3.07. The summed E-state index contributed by atoms with van der Waals surface area (Å²) < 4.78 is 37.3. The van der Waals surface area contributed by atoms with Gasteiger partial charge in [0.05, 0.1) is 5.56 Å². The van der Waals surface area contributed by atoms with Gasteiger partial charge in [0.25, 0.3) is 6.43 Å². The van der Waals surface area contributed by atoms with Gasteiger partial charge >= 0.3 is 0 Å². The van der Waals surface area contributed by atoms with E-state index in [-0.39, 0.29) is 17.8 Å². The van der Waals surface area contributed by atoms with E-state index in [1.807, 2.05) is 0 Å². The second-order valence-corrected chi connectivity index (χ2v) is 2.82. The van der Waals surface area contributed by atoms with Crippen molar-refractivity contribution in [3.05, 3.63) is 35.1 Å². The smallest absolute Gasteiger partial charge is 0.263 e. The molecular formula is C10H9F3O. The van der Waals surface area contributed by atoms with E-state index < -0.39 is 17.8 Å². The van der Waals surface area contributed by atoms with Gasteiger partial charge in [-0.25, -0.2) is 13.2 Å². The standard InChI is InChI=1S/C10H9F3O/c1-2-9(14)7-4-3-6(10(12)13)5-8(7)11/h3-5,10H,2H2,1H3. The van der Waals surface area contributed by atoms with E-state index in [9.17, 15) is 18.0 Å². The highest BCUT2D eigenvalue weighted by Crippen LogP contribution is 2.21. The minimum Gasteiger partial charge on any atom is -0.294 e. The average molecular weight is 202 g/mol. The van der Waals surface area contributed by atoms with E-state index >= 15 is 0 Å². The van der Waals surface area contributed by atoms with Crippen molar-refractivity contribution in [1.82, 2.24) is 0 Å². The summed E-state index contributed by atoms with van der Waals surface area (Å²) in [6.45, 7) is 1.59. The summed E-state index contributed by atoms with van der Waals surface area (Å²) in [5.41, 5.74) is -0.535. The molecule has 76 valence electrons. The number of rotatable bonds is 3. The molecule has 0 aromatic heterocycles. The van der Waals surface area contributed by atoms with E-state index in [1.54, 1.807) is 6.92 Å². The van der Waals surface area contributed by atoms with Crippen molar-refractivity contribution < 1.29 is 18.0 Å². The van der Waals surface area contributed by atoms with Gasteiger partial charge in [-0.1, -0.05) is 13.0 Å². The SMILES string of the molecule is CCC(=O)c1ccc(C(F)F)cc1F. The van der Waals surface area contributed by atoms with Gasteiger partial charge in [-0.15, -0.1) is 0 Å². The number of ketones is 1. The Morgan fingerprint density at radius 1 is 1.43 bits per heavy atom. The molecular weight excluding hydrogens is 193 g/mol. The fraction of sp³-hybridized carbons (Fsp3) is 0.300. The predicted octanol–water partition coefficient (Wildman–Crippen LogP) is 3.36.